The smallest absolute Gasteiger partial charge is 0.350 e. The van der Waals surface area contributed by atoms with Crippen LogP contribution in [0.4, 0.5) is 13.2 Å². The molecule has 1 fully saturated rings. The van der Waals surface area contributed by atoms with E-state index in [4.69, 9.17) is 4.74 Å². The molecule has 0 atom stereocenters. The summed E-state index contributed by atoms with van der Waals surface area (Å²) in [5.41, 5.74) is -0.452. The molecule has 27 heavy (non-hydrogen) atoms. The van der Waals surface area contributed by atoms with Crippen molar-refractivity contribution in [2.75, 3.05) is 6.73 Å². The monoisotopic (exact) mass is 468 g/mol. The second-order valence-corrected chi connectivity index (χ2v) is 6.56. The Kier molecular flexibility index (Phi) is 20.3. The van der Waals surface area contributed by atoms with Crippen LogP contribution in [0.25, 0.3) is 0 Å². The van der Waals surface area contributed by atoms with Crippen molar-refractivity contribution in [1.82, 2.24) is 5.32 Å². The largest absolute Gasteiger partial charge is 0.417 e. The van der Waals surface area contributed by atoms with E-state index in [1.807, 2.05) is 19.9 Å². The van der Waals surface area contributed by atoms with Crippen LogP contribution in [-0.2, 0) is 37.4 Å². The van der Waals surface area contributed by atoms with Gasteiger partial charge in [-0.15, -0.1) is 0 Å². The minimum atomic E-state index is -4.23. The van der Waals surface area contributed by atoms with Crippen LogP contribution >= 0.6 is 0 Å². The molecule has 1 aliphatic rings. The number of hydrogen-bond donors (Lipinski definition) is 1. The molecular formula is C21H40F3NOY. The van der Waals surface area contributed by atoms with Crippen molar-refractivity contribution >= 4 is 0 Å². The van der Waals surface area contributed by atoms with Crippen molar-refractivity contribution in [2.45, 2.75) is 93.0 Å². The Hall–Kier alpha value is 0.0339. The van der Waals surface area contributed by atoms with Crippen LogP contribution in [0.1, 0.15) is 80.7 Å². The number of benzene rings is 1. The average Bonchev–Trinajstić information content (AvgIpc) is 2.41. The molecule has 1 radical (unpaired) electrons. The Morgan fingerprint density at radius 3 is 1.74 bits per heavy atom. The third kappa shape index (κ3) is 11.6. The summed E-state index contributed by atoms with van der Waals surface area (Å²) >= 11 is 0. The molecule has 0 spiro atoms. The van der Waals surface area contributed by atoms with Gasteiger partial charge in [-0.1, -0.05) is 66.5 Å². The maximum absolute atomic E-state index is 12.5. The Morgan fingerprint density at radius 2 is 1.48 bits per heavy atom. The zero-order chi connectivity index (χ0) is 17.5. The Bertz CT molecular complexity index is 446. The van der Waals surface area contributed by atoms with E-state index in [-0.39, 0.29) is 80.6 Å². The molecule has 0 bridgehead atoms. The van der Waals surface area contributed by atoms with Crippen LogP contribution in [0.2, 0.25) is 0 Å². The molecule has 1 aromatic carbocycles. The molecule has 0 aromatic heterocycles. The summed E-state index contributed by atoms with van der Waals surface area (Å²) in [6.45, 7) is 8.11. The first-order valence-electron chi connectivity index (χ1n) is 8.17. The fourth-order valence-corrected chi connectivity index (χ4v) is 2.19. The number of rotatable bonds is 5. The first kappa shape index (κ1) is 34.5. The average molecular weight is 468 g/mol. The molecule has 0 saturated heterocycles. The van der Waals surface area contributed by atoms with Crippen LogP contribution in [0.3, 0.4) is 0 Å². The van der Waals surface area contributed by atoms with Crippen LogP contribution in [-0.4, -0.2) is 24.6 Å². The first-order chi connectivity index (χ1) is 10.7. The molecule has 1 aliphatic carbocycles. The van der Waals surface area contributed by atoms with Gasteiger partial charge in [0.25, 0.3) is 0 Å². The van der Waals surface area contributed by atoms with Crippen molar-refractivity contribution in [3.8, 4) is 0 Å². The summed E-state index contributed by atoms with van der Waals surface area (Å²) in [5.74, 6) is 0.659. The number of halogens is 3. The summed E-state index contributed by atoms with van der Waals surface area (Å²) in [5, 5.41) is 2.82. The molecule has 1 saturated carbocycles. The fraction of sp³-hybridized carbons (Fsp3) is 0.714. The molecule has 1 N–H and O–H groups in total. The Balaban J connectivity index is -0.000000181. The SMILES string of the molecule is C.C.C.CC(C)NCOC1(C(F)(F)F)CCC1.CC(C)c1ccccc1.[Y]. The maximum atomic E-state index is 12.5. The molecule has 6 heteroatoms. The number of nitrogens with one attached hydrogen (secondary N) is 1. The van der Waals surface area contributed by atoms with Crippen molar-refractivity contribution < 1.29 is 50.6 Å². The van der Waals surface area contributed by atoms with E-state index in [2.05, 4.69) is 43.4 Å². The molecule has 0 aliphatic heterocycles. The maximum Gasteiger partial charge on any atom is 0.417 e. The topological polar surface area (TPSA) is 21.3 Å². The van der Waals surface area contributed by atoms with Crippen LogP contribution in [0, 0.1) is 0 Å². The van der Waals surface area contributed by atoms with Gasteiger partial charge >= 0.3 is 6.18 Å². The third-order valence-corrected chi connectivity index (χ3v) is 3.98. The summed E-state index contributed by atoms with van der Waals surface area (Å²) in [6, 6.07) is 10.7. The van der Waals surface area contributed by atoms with Crippen LogP contribution < -0.4 is 5.32 Å². The summed E-state index contributed by atoms with van der Waals surface area (Å²) in [6.07, 6.45) is -3.45. The van der Waals surface area contributed by atoms with E-state index >= 15 is 0 Å². The quantitative estimate of drug-likeness (QED) is 0.463. The van der Waals surface area contributed by atoms with E-state index in [9.17, 15) is 13.2 Å². The van der Waals surface area contributed by atoms with Crippen LogP contribution in [0.15, 0.2) is 30.3 Å². The van der Waals surface area contributed by atoms with Gasteiger partial charge in [0, 0.05) is 38.8 Å². The predicted octanol–water partition coefficient (Wildman–Crippen LogP) is 7.16. The summed E-state index contributed by atoms with van der Waals surface area (Å²) in [4.78, 5) is 0. The van der Waals surface area contributed by atoms with Gasteiger partial charge in [-0.3, -0.25) is 5.32 Å². The number of alkyl halides is 3. The zero-order valence-corrected chi connectivity index (χ0v) is 17.8. The zero-order valence-electron chi connectivity index (χ0n) is 15.0. The minimum Gasteiger partial charge on any atom is -0.350 e. The van der Waals surface area contributed by atoms with Crippen molar-refractivity contribution in [1.29, 1.82) is 0 Å². The molecule has 0 amide bonds. The molecular weight excluding hydrogens is 428 g/mol. The first-order valence-corrected chi connectivity index (χ1v) is 8.17. The number of hydrogen-bond acceptors (Lipinski definition) is 2. The minimum absolute atomic E-state index is 0. The van der Waals surface area contributed by atoms with Gasteiger partial charge in [0.2, 0.25) is 0 Å². The fourth-order valence-electron chi connectivity index (χ4n) is 2.19. The molecule has 2 nitrogen and oxygen atoms in total. The standard InChI is InChI=1S/C9H16F3NO.C9H12.3CH4.Y/c1-7(2)13-6-14-8(4-3-5-8)9(10,11)12;1-8(2)9-6-4-3-5-7-9;;;;/h7,13H,3-6H2,1-2H3;3-8H,1-2H3;3*1H4;. The van der Waals surface area contributed by atoms with Gasteiger partial charge in [0.1, 0.15) is 0 Å². The number of ether oxygens (including phenoxy) is 1. The van der Waals surface area contributed by atoms with Crippen molar-refractivity contribution in [3.63, 3.8) is 0 Å². The second kappa shape index (κ2) is 15.9. The summed E-state index contributed by atoms with van der Waals surface area (Å²) in [7, 11) is 0. The van der Waals surface area contributed by atoms with Crippen molar-refractivity contribution in [2.24, 2.45) is 0 Å². The van der Waals surface area contributed by atoms with Gasteiger partial charge < -0.3 is 4.74 Å². The van der Waals surface area contributed by atoms with E-state index in [1.54, 1.807) is 0 Å². The third-order valence-electron chi connectivity index (χ3n) is 3.98. The Morgan fingerprint density at radius 1 is 1.00 bits per heavy atom. The predicted molar refractivity (Wildman–Crippen MR) is 108 cm³/mol. The second-order valence-electron chi connectivity index (χ2n) is 6.56. The van der Waals surface area contributed by atoms with Gasteiger partial charge in [-0.05, 0) is 44.6 Å². The van der Waals surface area contributed by atoms with E-state index in [1.165, 1.54) is 5.56 Å². The molecule has 159 valence electrons. The van der Waals surface area contributed by atoms with Crippen molar-refractivity contribution in [3.05, 3.63) is 35.9 Å². The molecule has 0 unspecified atom stereocenters. The van der Waals surface area contributed by atoms with Gasteiger partial charge in [-0.25, -0.2) is 0 Å². The Labute approximate surface area is 190 Å². The van der Waals surface area contributed by atoms with Gasteiger partial charge in [-0.2, -0.15) is 13.2 Å². The normalized spacial score (nSPS) is 14.3. The molecule has 0 heterocycles. The van der Waals surface area contributed by atoms with E-state index in [0.29, 0.717) is 12.3 Å². The van der Waals surface area contributed by atoms with Gasteiger partial charge in [0.15, 0.2) is 5.60 Å². The van der Waals surface area contributed by atoms with Crippen LogP contribution in [0.5, 0.6) is 0 Å². The van der Waals surface area contributed by atoms with E-state index < -0.39 is 11.8 Å². The van der Waals surface area contributed by atoms with Gasteiger partial charge in [0.05, 0.1) is 6.73 Å². The molecule has 2 rings (SSSR count). The summed E-state index contributed by atoms with van der Waals surface area (Å²) < 4.78 is 42.5. The van der Waals surface area contributed by atoms with E-state index in [0.717, 1.165) is 0 Å². The molecule has 1 aromatic rings.